The third-order valence-electron chi connectivity index (χ3n) is 5.84. The molecule has 4 aromatic rings. The molecule has 5 rings (SSSR count). The SMILES string of the molecule is O=C(O)c1ccc(CN2CCc3c([nH]c4ccccc34)C2c2ccccc2)cc1. The minimum atomic E-state index is -0.889. The first-order valence-corrected chi connectivity index (χ1v) is 9.91. The number of para-hydroxylation sites is 1. The molecule has 0 saturated carbocycles. The van der Waals surface area contributed by atoms with Crippen LogP contribution in [0.1, 0.15) is 38.8 Å². The number of hydrogen-bond donors (Lipinski definition) is 2. The van der Waals surface area contributed by atoms with E-state index in [1.165, 1.54) is 27.7 Å². The fourth-order valence-electron chi connectivity index (χ4n) is 4.46. The summed E-state index contributed by atoms with van der Waals surface area (Å²) in [5.41, 5.74) is 6.58. The molecular formula is C25H22N2O2. The van der Waals surface area contributed by atoms with Gasteiger partial charge in [0.15, 0.2) is 0 Å². The van der Waals surface area contributed by atoms with Crippen LogP contribution in [0.2, 0.25) is 0 Å². The zero-order valence-corrected chi connectivity index (χ0v) is 16.0. The second-order valence-electron chi connectivity index (χ2n) is 7.60. The summed E-state index contributed by atoms with van der Waals surface area (Å²) in [4.78, 5) is 17.3. The fourth-order valence-corrected chi connectivity index (χ4v) is 4.46. The Hall–Kier alpha value is -3.37. The van der Waals surface area contributed by atoms with Gasteiger partial charge in [-0.2, -0.15) is 0 Å². The predicted octanol–water partition coefficient (Wildman–Crippen LogP) is 5.01. The van der Waals surface area contributed by atoms with Gasteiger partial charge in [0.2, 0.25) is 0 Å². The van der Waals surface area contributed by atoms with Crippen molar-refractivity contribution in [3.63, 3.8) is 0 Å². The molecule has 144 valence electrons. The molecule has 0 fully saturated rings. The maximum Gasteiger partial charge on any atom is 0.335 e. The largest absolute Gasteiger partial charge is 0.478 e. The number of nitrogens with zero attached hydrogens (tertiary/aromatic N) is 1. The molecule has 1 atom stereocenters. The number of carboxylic acid groups (broad SMARTS) is 1. The number of carboxylic acids is 1. The average molecular weight is 382 g/mol. The minimum absolute atomic E-state index is 0.145. The van der Waals surface area contributed by atoms with Gasteiger partial charge in [0.05, 0.1) is 11.6 Å². The summed E-state index contributed by atoms with van der Waals surface area (Å²) in [6.07, 6.45) is 0.996. The first-order chi connectivity index (χ1) is 14.2. The molecule has 29 heavy (non-hydrogen) atoms. The standard InChI is InChI=1S/C25H22N2O2/c28-25(29)19-12-10-17(11-13-19)16-27-15-14-21-20-8-4-5-9-22(20)26-23(21)24(27)18-6-2-1-3-7-18/h1-13,24,26H,14-16H2,(H,28,29). The van der Waals surface area contributed by atoms with Crippen molar-refractivity contribution < 1.29 is 9.90 Å². The van der Waals surface area contributed by atoms with Crippen molar-refractivity contribution in [2.24, 2.45) is 0 Å². The van der Waals surface area contributed by atoms with Gasteiger partial charge in [-0.1, -0.05) is 60.7 Å². The van der Waals surface area contributed by atoms with Gasteiger partial charge in [-0.05, 0) is 41.3 Å². The van der Waals surface area contributed by atoms with Gasteiger partial charge in [0.25, 0.3) is 0 Å². The summed E-state index contributed by atoms with van der Waals surface area (Å²) in [5, 5.41) is 10.5. The van der Waals surface area contributed by atoms with Crippen molar-refractivity contribution in [1.82, 2.24) is 9.88 Å². The number of nitrogens with one attached hydrogen (secondary N) is 1. The zero-order valence-electron chi connectivity index (χ0n) is 16.0. The van der Waals surface area contributed by atoms with Gasteiger partial charge >= 0.3 is 5.97 Å². The number of hydrogen-bond acceptors (Lipinski definition) is 2. The summed E-state index contributed by atoms with van der Waals surface area (Å²) < 4.78 is 0. The Kier molecular flexibility index (Phi) is 4.41. The summed E-state index contributed by atoms with van der Waals surface area (Å²) in [7, 11) is 0. The molecule has 0 amide bonds. The van der Waals surface area contributed by atoms with Crippen molar-refractivity contribution in [2.75, 3.05) is 6.54 Å². The molecule has 0 bridgehead atoms. The van der Waals surface area contributed by atoms with Gasteiger partial charge in [-0.25, -0.2) is 4.79 Å². The summed E-state index contributed by atoms with van der Waals surface area (Å²) >= 11 is 0. The van der Waals surface area contributed by atoms with Crippen molar-refractivity contribution in [3.8, 4) is 0 Å². The van der Waals surface area contributed by atoms with Gasteiger partial charge < -0.3 is 10.1 Å². The molecule has 0 spiro atoms. The number of carbonyl (C=O) groups is 1. The normalized spacial score (nSPS) is 16.6. The van der Waals surface area contributed by atoms with Crippen molar-refractivity contribution >= 4 is 16.9 Å². The highest BCUT2D eigenvalue weighted by Crippen LogP contribution is 2.38. The molecule has 3 aromatic carbocycles. The molecule has 0 aliphatic carbocycles. The van der Waals surface area contributed by atoms with Crippen LogP contribution in [0.4, 0.5) is 0 Å². The Labute approximate surface area is 169 Å². The summed E-state index contributed by atoms with van der Waals surface area (Å²) in [6, 6.07) is 26.5. The molecule has 1 aliphatic heterocycles. The average Bonchev–Trinajstić information content (AvgIpc) is 3.13. The van der Waals surface area contributed by atoms with E-state index in [4.69, 9.17) is 5.11 Å². The third-order valence-corrected chi connectivity index (χ3v) is 5.84. The summed E-state index contributed by atoms with van der Waals surface area (Å²) in [6.45, 7) is 1.73. The number of benzene rings is 3. The molecule has 0 saturated heterocycles. The lowest BCUT2D eigenvalue weighted by Crippen LogP contribution is -2.35. The topological polar surface area (TPSA) is 56.3 Å². The summed E-state index contributed by atoms with van der Waals surface area (Å²) in [5.74, 6) is -0.889. The van der Waals surface area contributed by atoms with Crippen LogP contribution in [-0.2, 0) is 13.0 Å². The number of aromatic amines is 1. The number of aromatic carboxylic acids is 1. The van der Waals surface area contributed by atoms with E-state index in [-0.39, 0.29) is 6.04 Å². The van der Waals surface area contributed by atoms with E-state index in [2.05, 4.69) is 58.4 Å². The molecule has 4 heteroatoms. The van der Waals surface area contributed by atoms with Crippen LogP contribution in [0, 0.1) is 0 Å². The van der Waals surface area contributed by atoms with Gasteiger partial charge in [0, 0.05) is 29.7 Å². The van der Waals surface area contributed by atoms with E-state index in [0.717, 1.165) is 25.1 Å². The second kappa shape index (κ2) is 7.22. The Bertz CT molecular complexity index is 1160. The van der Waals surface area contributed by atoms with E-state index in [0.29, 0.717) is 5.56 Å². The Morgan fingerprint density at radius 2 is 1.69 bits per heavy atom. The zero-order chi connectivity index (χ0) is 19.8. The number of fused-ring (bicyclic) bond motifs is 3. The van der Waals surface area contributed by atoms with E-state index in [1.807, 2.05) is 18.2 Å². The highest BCUT2D eigenvalue weighted by atomic mass is 16.4. The Morgan fingerprint density at radius 3 is 2.45 bits per heavy atom. The number of H-pyrrole nitrogens is 1. The second-order valence-corrected chi connectivity index (χ2v) is 7.60. The molecule has 0 radical (unpaired) electrons. The Morgan fingerprint density at radius 1 is 0.966 bits per heavy atom. The van der Waals surface area contributed by atoms with Crippen molar-refractivity contribution in [3.05, 3.63) is 107 Å². The van der Waals surface area contributed by atoms with Crippen LogP contribution in [0.5, 0.6) is 0 Å². The van der Waals surface area contributed by atoms with Gasteiger partial charge in [-0.15, -0.1) is 0 Å². The van der Waals surface area contributed by atoms with Gasteiger partial charge in [-0.3, -0.25) is 4.90 Å². The van der Waals surface area contributed by atoms with Crippen molar-refractivity contribution in [1.29, 1.82) is 0 Å². The molecule has 1 aliphatic rings. The molecule has 1 aromatic heterocycles. The van der Waals surface area contributed by atoms with Crippen LogP contribution in [-0.4, -0.2) is 27.5 Å². The monoisotopic (exact) mass is 382 g/mol. The number of rotatable bonds is 4. The maximum absolute atomic E-state index is 11.1. The van der Waals surface area contributed by atoms with E-state index >= 15 is 0 Å². The first kappa shape index (κ1) is 17.7. The molecule has 1 unspecified atom stereocenters. The van der Waals surface area contributed by atoms with Crippen LogP contribution >= 0.6 is 0 Å². The van der Waals surface area contributed by atoms with Crippen LogP contribution in [0.25, 0.3) is 10.9 Å². The quantitative estimate of drug-likeness (QED) is 0.521. The van der Waals surface area contributed by atoms with Crippen LogP contribution in [0.15, 0.2) is 78.9 Å². The Balaban J connectivity index is 1.55. The molecule has 2 N–H and O–H groups in total. The molecule has 4 nitrogen and oxygen atoms in total. The van der Waals surface area contributed by atoms with Crippen molar-refractivity contribution in [2.45, 2.75) is 19.0 Å². The fraction of sp³-hybridized carbons (Fsp3) is 0.160. The number of aromatic nitrogens is 1. The minimum Gasteiger partial charge on any atom is -0.478 e. The highest BCUT2D eigenvalue weighted by molar-refractivity contribution is 5.87. The maximum atomic E-state index is 11.1. The molecular weight excluding hydrogens is 360 g/mol. The van der Waals surface area contributed by atoms with Gasteiger partial charge in [0.1, 0.15) is 0 Å². The lowest BCUT2D eigenvalue weighted by atomic mass is 9.92. The smallest absolute Gasteiger partial charge is 0.335 e. The first-order valence-electron chi connectivity index (χ1n) is 9.91. The lowest BCUT2D eigenvalue weighted by molar-refractivity contribution is 0.0697. The van der Waals surface area contributed by atoms with Crippen LogP contribution in [0.3, 0.4) is 0 Å². The van der Waals surface area contributed by atoms with E-state index in [9.17, 15) is 4.79 Å². The lowest BCUT2D eigenvalue weighted by Gasteiger charge is -2.36. The highest BCUT2D eigenvalue weighted by Gasteiger charge is 2.31. The van der Waals surface area contributed by atoms with E-state index in [1.54, 1.807) is 12.1 Å². The van der Waals surface area contributed by atoms with E-state index < -0.39 is 5.97 Å². The van der Waals surface area contributed by atoms with Crippen LogP contribution < -0.4 is 0 Å². The molecule has 2 heterocycles. The predicted molar refractivity (Wildman–Crippen MR) is 114 cm³/mol. The third kappa shape index (κ3) is 3.22.